The first-order valence-electron chi connectivity index (χ1n) is 5.26. The van der Waals surface area contributed by atoms with Crippen molar-refractivity contribution in [2.45, 2.75) is 40.2 Å². The largest absolute Gasteiger partial charge is 0.312 e. The van der Waals surface area contributed by atoms with E-state index in [1.54, 1.807) is 0 Å². The van der Waals surface area contributed by atoms with E-state index >= 15 is 0 Å². The minimum absolute atomic E-state index is 0. The van der Waals surface area contributed by atoms with E-state index in [9.17, 15) is 0 Å². The Morgan fingerprint density at radius 1 is 1.31 bits per heavy atom. The van der Waals surface area contributed by atoms with Crippen LogP contribution in [0.1, 0.15) is 35.5 Å². The molecule has 0 radical (unpaired) electrons. The lowest BCUT2D eigenvalue weighted by atomic mass is 9.85. The van der Waals surface area contributed by atoms with Crippen LogP contribution in [0, 0.1) is 5.41 Å². The van der Waals surface area contributed by atoms with E-state index in [-0.39, 0.29) is 1.43 Å². The molecule has 82 valence electrons. The summed E-state index contributed by atoms with van der Waals surface area (Å²) in [6.07, 6.45) is 1.21. The number of hydrogen-bond acceptors (Lipinski definition) is 2. The predicted molar refractivity (Wildman–Crippen MR) is 62.2 cm³/mol. The van der Waals surface area contributed by atoms with Gasteiger partial charge in [0.2, 0.25) is 0 Å². The van der Waals surface area contributed by atoms with Crippen LogP contribution >= 0.6 is 0 Å². The van der Waals surface area contributed by atoms with Crippen molar-refractivity contribution in [2.24, 2.45) is 5.41 Å². The molecule has 0 rings (SSSR count). The smallest absolute Gasteiger partial charge is 0.0113 e. The molecule has 0 aliphatic carbocycles. The van der Waals surface area contributed by atoms with Gasteiger partial charge in [0.25, 0.3) is 0 Å². The highest BCUT2D eigenvalue weighted by Crippen LogP contribution is 2.21. The van der Waals surface area contributed by atoms with Gasteiger partial charge in [-0.25, -0.2) is 0 Å². The molecule has 0 fully saturated rings. The van der Waals surface area contributed by atoms with Crippen molar-refractivity contribution in [3.05, 3.63) is 0 Å². The summed E-state index contributed by atoms with van der Waals surface area (Å²) in [4.78, 5) is 2.21. The maximum absolute atomic E-state index is 3.60. The number of hydrogen-bond donors (Lipinski definition) is 1. The van der Waals surface area contributed by atoms with E-state index in [2.05, 4.69) is 52.0 Å². The quantitative estimate of drug-likeness (QED) is 0.711. The number of nitrogens with one attached hydrogen (secondary N) is 1. The van der Waals surface area contributed by atoms with E-state index in [0.29, 0.717) is 11.5 Å². The second-order valence-corrected chi connectivity index (χ2v) is 5.08. The first kappa shape index (κ1) is 12.9. The van der Waals surface area contributed by atoms with Gasteiger partial charge in [0.1, 0.15) is 0 Å². The molecule has 0 aromatic carbocycles. The number of nitrogens with zero attached hydrogens (tertiary/aromatic N) is 1. The molecule has 1 unspecified atom stereocenters. The van der Waals surface area contributed by atoms with Gasteiger partial charge in [-0.1, -0.05) is 27.7 Å². The number of likely N-dealkylation sites (N-methyl/N-ethyl adjacent to an activating group) is 1. The minimum Gasteiger partial charge on any atom is -0.312 e. The van der Waals surface area contributed by atoms with E-state index in [4.69, 9.17) is 0 Å². The predicted octanol–water partition coefficient (Wildman–Crippen LogP) is 2.21. The van der Waals surface area contributed by atoms with Crippen molar-refractivity contribution in [2.75, 3.05) is 27.2 Å². The summed E-state index contributed by atoms with van der Waals surface area (Å²) >= 11 is 0. The Kier molecular flexibility index (Phi) is 5.57. The topological polar surface area (TPSA) is 15.3 Å². The summed E-state index contributed by atoms with van der Waals surface area (Å²) in [5.41, 5.74) is 0.376. The molecular formula is C11H28N2. The van der Waals surface area contributed by atoms with Crippen LogP contribution in [0.5, 0.6) is 0 Å². The van der Waals surface area contributed by atoms with Gasteiger partial charge in [-0.15, -0.1) is 0 Å². The first-order chi connectivity index (χ1) is 5.88. The molecule has 1 N–H and O–H groups in total. The maximum Gasteiger partial charge on any atom is 0.0113 e. The van der Waals surface area contributed by atoms with Crippen LogP contribution in [0.3, 0.4) is 0 Å². The summed E-state index contributed by atoms with van der Waals surface area (Å²) < 4.78 is 0. The van der Waals surface area contributed by atoms with Crippen LogP contribution in [-0.2, 0) is 0 Å². The lowest BCUT2D eigenvalue weighted by Crippen LogP contribution is -2.42. The van der Waals surface area contributed by atoms with Gasteiger partial charge in [-0.2, -0.15) is 0 Å². The van der Waals surface area contributed by atoms with E-state index in [1.165, 1.54) is 6.42 Å². The van der Waals surface area contributed by atoms with Crippen molar-refractivity contribution in [1.82, 2.24) is 10.2 Å². The summed E-state index contributed by atoms with van der Waals surface area (Å²) in [6, 6.07) is 0.632. The van der Waals surface area contributed by atoms with Gasteiger partial charge in [0.15, 0.2) is 0 Å². The average molecular weight is 188 g/mol. The molecule has 2 nitrogen and oxygen atoms in total. The number of rotatable bonds is 5. The second-order valence-electron chi connectivity index (χ2n) is 5.08. The van der Waals surface area contributed by atoms with Crippen LogP contribution in [0.2, 0.25) is 0 Å². The zero-order valence-corrected chi connectivity index (χ0v) is 10.1. The zero-order valence-electron chi connectivity index (χ0n) is 10.1. The maximum atomic E-state index is 3.60. The normalized spacial score (nSPS) is 15.0. The van der Waals surface area contributed by atoms with E-state index in [0.717, 1.165) is 13.1 Å². The molecule has 0 bridgehead atoms. The average Bonchev–Trinajstić information content (AvgIpc) is 1.95. The van der Waals surface area contributed by atoms with Crippen LogP contribution in [0.4, 0.5) is 0 Å². The zero-order chi connectivity index (χ0) is 10.5. The third kappa shape index (κ3) is 6.05. The fraction of sp³-hybridized carbons (Fsp3) is 1.00. The summed E-state index contributed by atoms with van der Waals surface area (Å²) in [6.45, 7) is 11.3. The standard InChI is InChI=1S/C11H26N2.H2/c1-7-10(11(2,3)4)12-8-9-13(5)6;/h10,12H,7-9H2,1-6H3;1H. The molecule has 13 heavy (non-hydrogen) atoms. The molecule has 1 atom stereocenters. The van der Waals surface area contributed by atoms with Crippen molar-refractivity contribution in [3.8, 4) is 0 Å². The molecule has 0 saturated carbocycles. The van der Waals surface area contributed by atoms with Crippen molar-refractivity contribution in [1.29, 1.82) is 0 Å². The second kappa shape index (κ2) is 5.61. The molecule has 0 aromatic rings. The Morgan fingerprint density at radius 2 is 1.85 bits per heavy atom. The SMILES string of the molecule is CCC(NCCN(C)C)C(C)(C)C.[HH]. The van der Waals surface area contributed by atoms with Crippen LogP contribution < -0.4 is 5.32 Å². The first-order valence-corrected chi connectivity index (χ1v) is 5.26. The van der Waals surface area contributed by atoms with Gasteiger partial charge >= 0.3 is 0 Å². The molecular weight excluding hydrogens is 160 g/mol. The third-order valence-electron chi connectivity index (χ3n) is 2.40. The highest BCUT2D eigenvalue weighted by molar-refractivity contribution is 4.79. The highest BCUT2D eigenvalue weighted by atomic mass is 15.1. The Bertz CT molecular complexity index is 130. The molecule has 0 saturated heterocycles. The molecule has 0 aliphatic heterocycles. The molecule has 0 amide bonds. The van der Waals surface area contributed by atoms with E-state index < -0.39 is 0 Å². The lowest BCUT2D eigenvalue weighted by molar-refractivity contribution is 0.252. The summed E-state index contributed by atoms with van der Waals surface area (Å²) in [7, 11) is 4.22. The Balaban J connectivity index is 0. The van der Waals surface area contributed by atoms with Crippen LogP contribution in [-0.4, -0.2) is 38.1 Å². The van der Waals surface area contributed by atoms with Crippen molar-refractivity contribution in [3.63, 3.8) is 0 Å². The van der Waals surface area contributed by atoms with Gasteiger partial charge in [0, 0.05) is 20.6 Å². The Morgan fingerprint density at radius 3 is 2.15 bits per heavy atom. The third-order valence-corrected chi connectivity index (χ3v) is 2.40. The van der Waals surface area contributed by atoms with Gasteiger partial charge < -0.3 is 10.2 Å². The minimum atomic E-state index is 0. The summed E-state index contributed by atoms with van der Waals surface area (Å²) in [5, 5.41) is 3.60. The highest BCUT2D eigenvalue weighted by Gasteiger charge is 2.21. The Labute approximate surface area is 85.2 Å². The van der Waals surface area contributed by atoms with Crippen molar-refractivity contribution >= 4 is 0 Å². The fourth-order valence-corrected chi connectivity index (χ4v) is 1.53. The fourth-order valence-electron chi connectivity index (χ4n) is 1.53. The Hall–Kier alpha value is -0.0800. The van der Waals surface area contributed by atoms with Gasteiger partial charge in [-0.05, 0) is 25.9 Å². The summed E-state index contributed by atoms with van der Waals surface area (Å²) in [5.74, 6) is 0. The monoisotopic (exact) mass is 188 g/mol. The molecule has 0 aliphatic rings. The van der Waals surface area contributed by atoms with Crippen LogP contribution in [0.15, 0.2) is 0 Å². The molecule has 0 aromatic heterocycles. The van der Waals surface area contributed by atoms with Gasteiger partial charge in [0.05, 0.1) is 0 Å². The van der Waals surface area contributed by atoms with Crippen LogP contribution in [0.25, 0.3) is 0 Å². The molecule has 2 heteroatoms. The molecule has 0 spiro atoms. The lowest BCUT2D eigenvalue weighted by Gasteiger charge is -2.31. The molecule has 0 heterocycles. The van der Waals surface area contributed by atoms with Crippen molar-refractivity contribution < 1.29 is 1.43 Å². The van der Waals surface area contributed by atoms with Gasteiger partial charge in [-0.3, -0.25) is 0 Å². The van der Waals surface area contributed by atoms with E-state index in [1.807, 2.05) is 0 Å².